The molecule has 25 heavy (non-hydrogen) atoms. The summed E-state index contributed by atoms with van der Waals surface area (Å²) in [6.07, 6.45) is 1.95. The second kappa shape index (κ2) is 7.52. The number of urea groups is 1. The molecule has 2 aromatic heterocycles. The lowest BCUT2D eigenvalue weighted by Gasteiger charge is -2.09. The summed E-state index contributed by atoms with van der Waals surface area (Å²) in [7, 11) is 1.55. The standard InChI is InChI=1S/C17H19N5O3/c1-3-22-10-6-8-13(22)16-20-15(25-21-16)11-18-17(23)19-12-7-4-5-9-14(12)24-2/h4-10H,3,11H2,1-2H3,(H2,18,19,23). The quantitative estimate of drug-likeness (QED) is 0.719. The summed E-state index contributed by atoms with van der Waals surface area (Å²) >= 11 is 0. The van der Waals surface area contributed by atoms with E-state index in [2.05, 4.69) is 20.8 Å². The van der Waals surface area contributed by atoms with E-state index >= 15 is 0 Å². The lowest BCUT2D eigenvalue weighted by molar-refractivity contribution is 0.249. The summed E-state index contributed by atoms with van der Waals surface area (Å²) < 4.78 is 12.4. The number of carbonyl (C=O) groups is 1. The molecule has 0 atom stereocenters. The first kappa shape index (κ1) is 16.6. The molecule has 0 unspecified atom stereocenters. The molecule has 0 bridgehead atoms. The number of rotatable bonds is 6. The normalized spacial score (nSPS) is 10.5. The smallest absolute Gasteiger partial charge is 0.319 e. The van der Waals surface area contributed by atoms with Gasteiger partial charge in [-0.1, -0.05) is 17.3 Å². The summed E-state index contributed by atoms with van der Waals surface area (Å²) in [5.74, 6) is 1.40. The third kappa shape index (κ3) is 3.79. The van der Waals surface area contributed by atoms with Gasteiger partial charge in [0.25, 0.3) is 0 Å². The van der Waals surface area contributed by atoms with Crippen molar-refractivity contribution in [3.63, 3.8) is 0 Å². The number of amides is 2. The van der Waals surface area contributed by atoms with Gasteiger partial charge in [0.1, 0.15) is 5.75 Å². The minimum atomic E-state index is -0.388. The Hall–Kier alpha value is -3.29. The molecule has 0 spiro atoms. The number of hydrogen-bond acceptors (Lipinski definition) is 5. The summed E-state index contributed by atoms with van der Waals surface area (Å²) in [6, 6.07) is 10.6. The van der Waals surface area contributed by atoms with E-state index in [4.69, 9.17) is 9.26 Å². The van der Waals surface area contributed by atoms with Crippen molar-refractivity contribution in [1.82, 2.24) is 20.0 Å². The third-order valence-corrected chi connectivity index (χ3v) is 3.62. The molecule has 2 heterocycles. The summed E-state index contributed by atoms with van der Waals surface area (Å²) in [5, 5.41) is 9.35. The maximum Gasteiger partial charge on any atom is 0.319 e. The van der Waals surface area contributed by atoms with Gasteiger partial charge in [0.15, 0.2) is 0 Å². The molecule has 1 aromatic carbocycles. The predicted octanol–water partition coefficient (Wildman–Crippen LogP) is 2.89. The molecule has 8 nitrogen and oxygen atoms in total. The van der Waals surface area contributed by atoms with Gasteiger partial charge in [-0.2, -0.15) is 4.98 Å². The average molecular weight is 341 g/mol. The third-order valence-electron chi connectivity index (χ3n) is 3.62. The van der Waals surface area contributed by atoms with Crippen molar-refractivity contribution in [2.75, 3.05) is 12.4 Å². The van der Waals surface area contributed by atoms with E-state index < -0.39 is 0 Å². The molecule has 8 heteroatoms. The fraction of sp³-hybridized carbons (Fsp3) is 0.235. The summed E-state index contributed by atoms with van der Waals surface area (Å²) in [4.78, 5) is 16.3. The lowest BCUT2D eigenvalue weighted by Crippen LogP contribution is -2.28. The van der Waals surface area contributed by atoms with Gasteiger partial charge in [0.05, 0.1) is 25.0 Å². The number of aromatic nitrogens is 3. The van der Waals surface area contributed by atoms with E-state index in [-0.39, 0.29) is 12.6 Å². The Morgan fingerprint density at radius 1 is 1.28 bits per heavy atom. The topological polar surface area (TPSA) is 94.2 Å². The Labute approximate surface area is 144 Å². The number of methoxy groups -OCH3 is 1. The van der Waals surface area contributed by atoms with Crippen LogP contribution in [0.4, 0.5) is 10.5 Å². The molecule has 0 radical (unpaired) electrons. The predicted molar refractivity (Wildman–Crippen MR) is 92.3 cm³/mol. The number of ether oxygens (including phenoxy) is 1. The van der Waals surface area contributed by atoms with Crippen molar-refractivity contribution in [2.24, 2.45) is 0 Å². The molecule has 0 saturated heterocycles. The molecule has 130 valence electrons. The van der Waals surface area contributed by atoms with Crippen LogP contribution in [-0.2, 0) is 13.1 Å². The number of anilines is 1. The first-order chi connectivity index (χ1) is 12.2. The molecular weight excluding hydrogens is 322 g/mol. The van der Waals surface area contributed by atoms with Crippen LogP contribution >= 0.6 is 0 Å². The van der Waals surface area contributed by atoms with Gasteiger partial charge in [-0.25, -0.2) is 4.79 Å². The van der Waals surface area contributed by atoms with E-state index in [1.165, 1.54) is 0 Å². The molecule has 3 aromatic rings. The van der Waals surface area contributed by atoms with Crippen LogP contribution in [0.3, 0.4) is 0 Å². The van der Waals surface area contributed by atoms with Crippen LogP contribution in [-0.4, -0.2) is 27.8 Å². The van der Waals surface area contributed by atoms with Crippen LogP contribution in [0, 0.1) is 0 Å². The van der Waals surface area contributed by atoms with Crippen LogP contribution in [0.1, 0.15) is 12.8 Å². The van der Waals surface area contributed by atoms with Crippen LogP contribution in [0.25, 0.3) is 11.5 Å². The van der Waals surface area contributed by atoms with Gasteiger partial charge in [-0.3, -0.25) is 0 Å². The molecule has 2 amide bonds. The zero-order valence-corrected chi connectivity index (χ0v) is 14.0. The van der Waals surface area contributed by atoms with E-state index in [1.54, 1.807) is 19.2 Å². The first-order valence-electron chi connectivity index (χ1n) is 7.87. The van der Waals surface area contributed by atoms with Crippen LogP contribution < -0.4 is 15.4 Å². The fourth-order valence-corrected chi connectivity index (χ4v) is 2.39. The van der Waals surface area contributed by atoms with Gasteiger partial charge in [0, 0.05) is 12.7 Å². The van der Waals surface area contributed by atoms with Crippen LogP contribution in [0.2, 0.25) is 0 Å². The first-order valence-corrected chi connectivity index (χ1v) is 7.87. The molecular formula is C17H19N5O3. The number of benzene rings is 1. The number of nitrogens with zero attached hydrogens (tertiary/aromatic N) is 3. The highest BCUT2D eigenvalue weighted by Crippen LogP contribution is 2.22. The molecule has 0 aliphatic rings. The second-order valence-electron chi connectivity index (χ2n) is 5.20. The second-order valence-corrected chi connectivity index (χ2v) is 5.20. The minimum absolute atomic E-state index is 0.126. The van der Waals surface area contributed by atoms with E-state index in [1.807, 2.05) is 42.0 Å². The maximum atomic E-state index is 12.0. The highest BCUT2D eigenvalue weighted by molar-refractivity contribution is 5.90. The van der Waals surface area contributed by atoms with Crippen molar-refractivity contribution < 1.29 is 14.1 Å². The molecule has 2 N–H and O–H groups in total. The summed E-state index contributed by atoms with van der Waals surface area (Å²) in [5.41, 5.74) is 1.45. The SMILES string of the molecule is CCn1cccc1-c1noc(CNC(=O)Nc2ccccc2OC)n1. The van der Waals surface area contributed by atoms with Gasteiger partial charge in [-0.15, -0.1) is 0 Å². The molecule has 0 fully saturated rings. The monoisotopic (exact) mass is 341 g/mol. The minimum Gasteiger partial charge on any atom is -0.495 e. The number of carbonyl (C=O) groups excluding carboxylic acids is 1. The number of para-hydroxylation sites is 2. The fourth-order valence-electron chi connectivity index (χ4n) is 2.39. The van der Waals surface area contributed by atoms with Gasteiger partial charge in [0.2, 0.25) is 11.7 Å². The van der Waals surface area contributed by atoms with Gasteiger partial charge >= 0.3 is 6.03 Å². The van der Waals surface area contributed by atoms with Crippen molar-refractivity contribution >= 4 is 11.7 Å². The number of aryl methyl sites for hydroxylation is 1. The van der Waals surface area contributed by atoms with Crippen molar-refractivity contribution in [2.45, 2.75) is 20.0 Å². The number of hydrogen-bond donors (Lipinski definition) is 2. The zero-order chi connectivity index (χ0) is 17.6. The van der Waals surface area contributed by atoms with Crippen molar-refractivity contribution in [1.29, 1.82) is 0 Å². The van der Waals surface area contributed by atoms with Crippen molar-refractivity contribution in [3.05, 3.63) is 48.5 Å². The van der Waals surface area contributed by atoms with Gasteiger partial charge < -0.3 is 24.5 Å². The largest absolute Gasteiger partial charge is 0.495 e. The Morgan fingerprint density at radius 2 is 2.12 bits per heavy atom. The molecule has 0 saturated carbocycles. The highest BCUT2D eigenvalue weighted by Gasteiger charge is 2.13. The molecule has 3 rings (SSSR count). The van der Waals surface area contributed by atoms with E-state index in [0.29, 0.717) is 23.2 Å². The Bertz CT molecular complexity index is 855. The van der Waals surface area contributed by atoms with E-state index in [9.17, 15) is 4.79 Å². The Balaban J connectivity index is 1.60. The van der Waals surface area contributed by atoms with Crippen LogP contribution in [0.15, 0.2) is 47.1 Å². The molecule has 0 aliphatic heterocycles. The van der Waals surface area contributed by atoms with E-state index in [0.717, 1.165) is 12.2 Å². The maximum absolute atomic E-state index is 12.0. The van der Waals surface area contributed by atoms with Crippen LogP contribution in [0.5, 0.6) is 5.75 Å². The number of nitrogens with one attached hydrogen (secondary N) is 2. The Kier molecular flexibility index (Phi) is 4.98. The average Bonchev–Trinajstić information content (AvgIpc) is 3.29. The molecule has 0 aliphatic carbocycles. The highest BCUT2D eigenvalue weighted by atomic mass is 16.5. The van der Waals surface area contributed by atoms with Crippen molar-refractivity contribution in [3.8, 4) is 17.3 Å². The Morgan fingerprint density at radius 3 is 2.92 bits per heavy atom. The van der Waals surface area contributed by atoms with Gasteiger partial charge in [-0.05, 0) is 31.2 Å². The lowest BCUT2D eigenvalue weighted by atomic mass is 10.3. The zero-order valence-electron chi connectivity index (χ0n) is 14.0. The summed E-state index contributed by atoms with van der Waals surface area (Å²) in [6.45, 7) is 2.97.